The van der Waals surface area contributed by atoms with Gasteiger partial charge in [-0.2, -0.15) is 0 Å². The number of carbonyl (C=O) groups is 1. The van der Waals surface area contributed by atoms with E-state index in [2.05, 4.69) is 9.97 Å². The standard InChI is InChI=1S/C23H17N3O4/c1-26-12-14(10-18-22(28)21-16(27)4-3-5-17(21)30-18)20-15(8-9-24-23(20)26)13-6-7-19(29-2)25-11-13/h3-12,27H,1-2H3. The molecule has 148 valence electrons. The maximum Gasteiger partial charge on any atom is 0.235 e. The number of fused-ring (bicyclic) bond motifs is 2. The second-order valence-corrected chi connectivity index (χ2v) is 6.93. The Kier molecular flexibility index (Phi) is 4.03. The van der Waals surface area contributed by atoms with Crippen LogP contribution in [0.3, 0.4) is 0 Å². The molecule has 4 aromatic rings. The van der Waals surface area contributed by atoms with Crippen molar-refractivity contribution in [1.82, 2.24) is 14.5 Å². The largest absolute Gasteiger partial charge is 0.507 e. The Morgan fingerprint density at radius 2 is 2.03 bits per heavy atom. The van der Waals surface area contributed by atoms with E-state index in [9.17, 15) is 9.90 Å². The molecule has 0 amide bonds. The molecule has 1 aliphatic heterocycles. The molecule has 4 heterocycles. The predicted octanol–water partition coefficient (Wildman–Crippen LogP) is 3.97. The highest BCUT2D eigenvalue weighted by atomic mass is 16.5. The fourth-order valence-corrected chi connectivity index (χ4v) is 3.70. The smallest absolute Gasteiger partial charge is 0.235 e. The minimum Gasteiger partial charge on any atom is -0.507 e. The van der Waals surface area contributed by atoms with Crippen molar-refractivity contribution in [2.45, 2.75) is 0 Å². The van der Waals surface area contributed by atoms with E-state index in [1.54, 1.807) is 43.8 Å². The topological polar surface area (TPSA) is 86.5 Å². The van der Waals surface area contributed by atoms with Gasteiger partial charge in [0.1, 0.15) is 22.7 Å². The molecule has 0 saturated heterocycles. The molecule has 0 radical (unpaired) electrons. The lowest BCUT2D eigenvalue weighted by Crippen LogP contribution is -1.98. The molecule has 1 N–H and O–H groups in total. The van der Waals surface area contributed by atoms with Crippen LogP contribution < -0.4 is 9.47 Å². The van der Waals surface area contributed by atoms with E-state index in [1.165, 1.54) is 6.07 Å². The van der Waals surface area contributed by atoms with Crippen LogP contribution in [0.4, 0.5) is 0 Å². The van der Waals surface area contributed by atoms with E-state index in [-0.39, 0.29) is 22.9 Å². The van der Waals surface area contributed by atoms with Crippen LogP contribution in [0.5, 0.6) is 17.4 Å². The number of ether oxygens (including phenoxy) is 2. The molecule has 0 fully saturated rings. The SMILES string of the molecule is COc1ccc(-c2ccnc3c2c(C=C2Oc4cccc(O)c4C2=O)cn3C)cn1. The third-order valence-electron chi connectivity index (χ3n) is 5.10. The van der Waals surface area contributed by atoms with Gasteiger partial charge in [0.05, 0.1) is 7.11 Å². The first-order valence-electron chi connectivity index (χ1n) is 9.27. The summed E-state index contributed by atoms with van der Waals surface area (Å²) in [7, 11) is 3.47. The van der Waals surface area contributed by atoms with E-state index in [1.807, 2.05) is 29.9 Å². The van der Waals surface area contributed by atoms with Crippen LogP contribution in [0.2, 0.25) is 0 Å². The highest BCUT2D eigenvalue weighted by molar-refractivity contribution is 6.17. The number of hydrogen-bond acceptors (Lipinski definition) is 6. The van der Waals surface area contributed by atoms with Crippen molar-refractivity contribution in [2.24, 2.45) is 7.05 Å². The van der Waals surface area contributed by atoms with Gasteiger partial charge in [-0.3, -0.25) is 4.79 Å². The number of aromatic nitrogens is 3. The Hall–Kier alpha value is -4.13. The number of Topliss-reactive ketones (excluding diaryl/α,β-unsaturated/α-hetero) is 1. The number of nitrogens with zero attached hydrogens (tertiary/aromatic N) is 3. The highest BCUT2D eigenvalue weighted by Crippen LogP contribution is 2.39. The summed E-state index contributed by atoms with van der Waals surface area (Å²) in [6.45, 7) is 0. The maximum absolute atomic E-state index is 12.8. The predicted molar refractivity (Wildman–Crippen MR) is 112 cm³/mol. The Balaban J connectivity index is 1.67. The van der Waals surface area contributed by atoms with Crippen LogP contribution in [0.25, 0.3) is 28.2 Å². The van der Waals surface area contributed by atoms with Gasteiger partial charge in [0.15, 0.2) is 5.76 Å². The molecule has 7 heteroatoms. The molecule has 7 nitrogen and oxygen atoms in total. The first kappa shape index (κ1) is 17.9. The zero-order valence-corrected chi connectivity index (χ0v) is 16.3. The molecule has 0 spiro atoms. The Morgan fingerprint density at radius 3 is 2.77 bits per heavy atom. The van der Waals surface area contributed by atoms with E-state index >= 15 is 0 Å². The van der Waals surface area contributed by atoms with Gasteiger partial charge in [0.25, 0.3) is 0 Å². The monoisotopic (exact) mass is 399 g/mol. The van der Waals surface area contributed by atoms with Crippen molar-refractivity contribution in [3.8, 4) is 28.5 Å². The highest BCUT2D eigenvalue weighted by Gasteiger charge is 2.30. The van der Waals surface area contributed by atoms with Crippen LogP contribution in [-0.2, 0) is 7.05 Å². The Bertz CT molecular complexity index is 1340. The summed E-state index contributed by atoms with van der Waals surface area (Å²) >= 11 is 0. The first-order chi connectivity index (χ1) is 14.6. The molecule has 0 saturated carbocycles. The number of pyridine rings is 2. The van der Waals surface area contributed by atoms with Gasteiger partial charge in [-0.15, -0.1) is 0 Å². The summed E-state index contributed by atoms with van der Waals surface area (Å²) in [5.74, 6) is 0.593. The lowest BCUT2D eigenvalue weighted by Gasteiger charge is -2.06. The Labute approximate surface area is 171 Å². The quantitative estimate of drug-likeness (QED) is 0.525. The molecule has 1 aromatic carbocycles. The van der Waals surface area contributed by atoms with Gasteiger partial charge >= 0.3 is 0 Å². The number of aromatic hydroxyl groups is 1. The van der Waals surface area contributed by atoms with Crippen molar-refractivity contribution in [3.63, 3.8) is 0 Å². The average Bonchev–Trinajstić information content (AvgIpc) is 3.26. The second-order valence-electron chi connectivity index (χ2n) is 6.93. The third kappa shape index (κ3) is 2.71. The summed E-state index contributed by atoms with van der Waals surface area (Å²) in [6.07, 6.45) is 7.06. The molecule has 0 atom stereocenters. The second kappa shape index (κ2) is 6.73. The van der Waals surface area contributed by atoms with Crippen molar-refractivity contribution < 1.29 is 19.4 Å². The summed E-state index contributed by atoms with van der Waals surface area (Å²) in [5, 5.41) is 10.9. The minimum atomic E-state index is -0.350. The van der Waals surface area contributed by atoms with Crippen LogP contribution >= 0.6 is 0 Å². The van der Waals surface area contributed by atoms with Gasteiger partial charge in [-0.05, 0) is 35.9 Å². The normalized spacial score (nSPS) is 14.2. The summed E-state index contributed by atoms with van der Waals surface area (Å²) in [6, 6.07) is 10.4. The molecule has 30 heavy (non-hydrogen) atoms. The zero-order valence-electron chi connectivity index (χ0n) is 16.3. The van der Waals surface area contributed by atoms with Gasteiger partial charge in [-0.1, -0.05) is 6.07 Å². The van der Waals surface area contributed by atoms with Crippen molar-refractivity contribution in [2.75, 3.05) is 7.11 Å². The molecular weight excluding hydrogens is 382 g/mol. The van der Waals surface area contributed by atoms with Gasteiger partial charge < -0.3 is 19.1 Å². The number of phenolic OH excluding ortho intramolecular Hbond substituents is 1. The van der Waals surface area contributed by atoms with Gasteiger partial charge in [-0.25, -0.2) is 9.97 Å². The molecular formula is C23H17N3O4. The van der Waals surface area contributed by atoms with E-state index in [0.29, 0.717) is 11.6 Å². The molecule has 5 rings (SSSR count). The number of benzene rings is 1. The van der Waals surface area contributed by atoms with Crippen LogP contribution in [-0.4, -0.2) is 32.5 Å². The van der Waals surface area contributed by atoms with Gasteiger partial charge in [0, 0.05) is 48.2 Å². The average molecular weight is 399 g/mol. The number of aryl methyl sites for hydroxylation is 1. The van der Waals surface area contributed by atoms with Gasteiger partial charge in [0.2, 0.25) is 11.7 Å². The minimum absolute atomic E-state index is 0.0921. The van der Waals surface area contributed by atoms with E-state index < -0.39 is 0 Å². The molecule has 1 aliphatic rings. The summed E-state index contributed by atoms with van der Waals surface area (Å²) in [5.41, 5.74) is 3.55. The molecule has 0 unspecified atom stereocenters. The number of carbonyl (C=O) groups excluding carboxylic acids is 1. The third-order valence-corrected chi connectivity index (χ3v) is 5.10. The molecule has 0 bridgehead atoms. The van der Waals surface area contributed by atoms with E-state index in [0.717, 1.165) is 27.7 Å². The maximum atomic E-state index is 12.8. The lowest BCUT2D eigenvalue weighted by atomic mass is 10.0. The number of allylic oxidation sites excluding steroid dienone is 1. The number of ketones is 1. The fraction of sp³-hybridized carbons (Fsp3) is 0.0870. The summed E-state index contributed by atoms with van der Waals surface area (Å²) in [4.78, 5) is 21.6. The first-order valence-corrected chi connectivity index (χ1v) is 9.27. The fourth-order valence-electron chi connectivity index (χ4n) is 3.70. The van der Waals surface area contributed by atoms with Crippen molar-refractivity contribution in [3.05, 3.63) is 71.9 Å². The van der Waals surface area contributed by atoms with Crippen molar-refractivity contribution >= 4 is 22.9 Å². The number of rotatable bonds is 3. The van der Waals surface area contributed by atoms with E-state index in [4.69, 9.17) is 9.47 Å². The van der Waals surface area contributed by atoms with Crippen molar-refractivity contribution in [1.29, 1.82) is 0 Å². The number of phenols is 1. The Morgan fingerprint density at radius 1 is 1.17 bits per heavy atom. The summed E-state index contributed by atoms with van der Waals surface area (Å²) < 4.78 is 12.8. The molecule has 3 aromatic heterocycles. The zero-order chi connectivity index (χ0) is 20.8. The lowest BCUT2D eigenvalue weighted by molar-refractivity contribution is 0.101. The van der Waals surface area contributed by atoms with Crippen LogP contribution in [0.15, 0.2) is 60.7 Å². The van der Waals surface area contributed by atoms with Crippen LogP contribution in [0, 0.1) is 0 Å². The molecule has 0 aliphatic carbocycles. The van der Waals surface area contributed by atoms with Crippen LogP contribution in [0.1, 0.15) is 15.9 Å². The number of methoxy groups -OCH3 is 1. The number of hydrogen-bond donors (Lipinski definition) is 1.